The van der Waals surface area contributed by atoms with Crippen molar-refractivity contribution in [3.63, 3.8) is 0 Å². The first-order valence-corrected chi connectivity index (χ1v) is 8.31. The summed E-state index contributed by atoms with van der Waals surface area (Å²) in [6.45, 7) is 7.17. The molecule has 2 aliphatic rings. The van der Waals surface area contributed by atoms with E-state index in [0.29, 0.717) is 18.5 Å². The number of hydrogen-bond acceptors (Lipinski definition) is 3. The van der Waals surface area contributed by atoms with Gasteiger partial charge in [-0.05, 0) is 31.1 Å². The molecule has 18 heavy (non-hydrogen) atoms. The Morgan fingerprint density at radius 1 is 1.17 bits per heavy atom. The second-order valence-electron chi connectivity index (χ2n) is 6.21. The second-order valence-corrected chi connectivity index (χ2v) is 7.91. The van der Waals surface area contributed by atoms with Gasteiger partial charge in [-0.15, -0.1) is 0 Å². The van der Waals surface area contributed by atoms with Crippen molar-refractivity contribution in [3.05, 3.63) is 0 Å². The van der Waals surface area contributed by atoms with Gasteiger partial charge in [-0.1, -0.05) is 13.8 Å². The Labute approximate surface area is 110 Å². The zero-order chi connectivity index (χ0) is 13.2. The maximum atomic E-state index is 12.2. The summed E-state index contributed by atoms with van der Waals surface area (Å²) in [6, 6.07) is 0.123. The highest BCUT2D eigenvalue weighted by Crippen LogP contribution is 2.35. The third-order valence-electron chi connectivity index (χ3n) is 4.07. The lowest BCUT2D eigenvalue weighted by atomic mass is 9.76. The van der Waals surface area contributed by atoms with Gasteiger partial charge in [-0.3, -0.25) is 0 Å². The van der Waals surface area contributed by atoms with E-state index in [-0.39, 0.29) is 6.04 Å². The molecule has 6 heteroatoms. The van der Waals surface area contributed by atoms with Crippen LogP contribution in [0.4, 0.5) is 0 Å². The predicted molar refractivity (Wildman–Crippen MR) is 72.5 cm³/mol. The first-order chi connectivity index (χ1) is 8.39. The molecule has 2 rings (SSSR count). The molecule has 1 aliphatic heterocycles. The van der Waals surface area contributed by atoms with Crippen LogP contribution in [-0.2, 0) is 10.2 Å². The molecule has 106 valence electrons. The standard InChI is InChI=1S/C12H25N3O2S/c1-12(2)5-3-11(4-6-12)14-18(16,17)15-9-7-13-8-10-15/h11,13-14H,3-10H2,1-2H3. The van der Waals surface area contributed by atoms with Crippen LogP contribution in [0.15, 0.2) is 0 Å². The molecule has 1 saturated heterocycles. The van der Waals surface area contributed by atoms with Crippen molar-refractivity contribution in [2.75, 3.05) is 26.2 Å². The van der Waals surface area contributed by atoms with E-state index < -0.39 is 10.2 Å². The predicted octanol–water partition coefficient (Wildman–Crippen LogP) is 0.695. The van der Waals surface area contributed by atoms with Gasteiger partial charge in [0.15, 0.2) is 0 Å². The molecule has 0 radical (unpaired) electrons. The van der Waals surface area contributed by atoms with Crippen molar-refractivity contribution >= 4 is 10.2 Å². The Balaban J connectivity index is 1.88. The first-order valence-electron chi connectivity index (χ1n) is 6.87. The van der Waals surface area contributed by atoms with Gasteiger partial charge >= 0.3 is 0 Å². The summed E-state index contributed by atoms with van der Waals surface area (Å²) in [5.74, 6) is 0. The summed E-state index contributed by atoms with van der Waals surface area (Å²) >= 11 is 0. The van der Waals surface area contributed by atoms with Crippen LogP contribution in [0.1, 0.15) is 39.5 Å². The molecule has 1 heterocycles. The molecule has 0 spiro atoms. The molecular weight excluding hydrogens is 250 g/mol. The van der Waals surface area contributed by atoms with Crippen LogP contribution in [0.5, 0.6) is 0 Å². The zero-order valence-electron chi connectivity index (χ0n) is 11.4. The summed E-state index contributed by atoms with van der Waals surface area (Å²) in [5, 5.41) is 3.17. The zero-order valence-corrected chi connectivity index (χ0v) is 12.2. The number of piperazine rings is 1. The van der Waals surface area contributed by atoms with Crippen molar-refractivity contribution in [3.8, 4) is 0 Å². The highest BCUT2D eigenvalue weighted by molar-refractivity contribution is 7.87. The average molecular weight is 275 g/mol. The maximum absolute atomic E-state index is 12.2. The van der Waals surface area contributed by atoms with E-state index in [9.17, 15) is 8.42 Å². The topological polar surface area (TPSA) is 61.4 Å². The molecule has 0 aromatic heterocycles. The Kier molecular flexibility index (Phi) is 4.31. The van der Waals surface area contributed by atoms with Crippen LogP contribution in [0.2, 0.25) is 0 Å². The summed E-state index contributed by atoms with van der Waals surface area (Å²) in [6.07, 6.45) is 4.11. The second kappa shape index (κ2) is 5.45. The fourth-order valence-electron chi connectivity index (χ4n) is 2.69. The van der Waals surface area contributed by atoms with Crippen molar-refractivity contribution in [2.24, 2.45) is 5.41 Å². The van der Waals surface area contributed by atoms with E-state index in [0.717, 1.165) is 38.8 Å². The molecule has 0 unspecified atom stereocenters. The van der Waals surface area contributed by atoms with Gasteiger partial charge in [0, 0.05) is 32.2 Å². The first kappa shape index (κ1) is 14.2. The molecule has 0 atom stereocenters. The quantitative estimate of drug-likeness (QED) is 0.797. The van der Waals surface area contributed by atoms with Crippen LogP contribution >= 0.6 is 0 Å². The van der Waals surface area contributed by atoms with E-state index in [1.54, 1.807) is 4.31 Å². The van der Waals surface area contributed by atoms with Crippen molar-refractivity contribution < 1.29 is 8.42 Å². The highest BCUT2D eigenvalue weighted by Gasteiger charge is 2.31. The maximum Gasteiger partial charge on any atom is 0.279 e. The lowest BCUT2D eigenvalue weighted by Gasteiger charge is -2.36. The minimum absolute atomic E-state index is 0.123. The summed E-state index contributed by atoms with van der Waals surface area (Å²) in [7, 11) is -3.28. The van der Waals surface area contributed by atoms with Gasteiger partial charge in [0.25, 0.3) is 10.2 Å². The molecule has 5 nitrogen and oxygen atoms in total. The highest BCUT2D eigenvalue weighted by atomic mass is 32.2. The third kappa shape index (κ3) is 3.66. The fraction of sp³-hybridized carbons (Fsp3) is 1.00. The van der Waals surface area contributed by atoms with Crippen LogP contribution < -0.4 is 10.0 Å². The van der Waals surface area contributed by atoms with Gasteiger partial charge in [-0.25, -0.2) is 0 Å². The van der Waals surface area contributed by atoms with E-state index in [1.807, 2.05) is 0 Å². The van der Waals surface area contributed by atoms with Crippen molar-refractivity contribution in [1.82, 2.24) is 14.3 Å². The van der Waals surface area contributed by atoms with E-state index in [1.165, 1.54) is 0 Å². The summed E-state index contributed by atoms with van der Waals surface area (Å²) < 4.78 is 28.8. The molecular formula is C12H25N3O2S. The monoisotopic (exact) mass is 275 g/mol. The number of nitrogens with zero attached hydrogens (tertiary/aromatic N) is 1. The lowest BCUT2D eigenvalue weighted by Crippen LogP contribution is -2.53. The van der Waals surface area contributed by atoms with Gasteiger partial charge in [-0.2, -0.15) is 17.4 Å². The van der Waals surface area contributed by atoms with Crippen LogP contribution in [0, 0.1) is 5.41 Å². The van der Waals surface area contributed by atoms with Crippen molar-refractivity contribution in [1.29, 1.82) is 0 Å². The van der Waals surface area contributed by atoms with Crippen LogP contribution in [0.3, 0.4) is 0 Å². The normalized spacial score (nSPS) is 27.2. The van der Waals surface area contributed by atoms with E-state index in [2.05, 4.69) is 23.9 Å². The summed E-state index contributed by atoms with van der Waals surface area (Å²) in [5.41, 5.74) is 0.372. The lowest BCUT2D eigenvalue weighted by molar-refractivity contribution is 0.216. The molecule has 2 fully saturated rings. The molecule has 2 N–H and O–H groups in total. The van der Waals surface area contributed by atoms with Gasteiger partial charge < -0.3 is 5.32 Å². The minimum atomic E-state index is -3.28. The van der Waals surface area contributed by atoms with Gasteiger partial charge in [0.05, 0.1) is 0 Å². The molecule has 0 aromatic rings. The minimum Gasteiger partial charge on any atom is -0.314 e. The van der Waals surface area contributed by atoms with E-state index >= 15 is 0 Å². The molecule has 1 saturated carbocycles. The SMILES string of the molecule is CC1(C)CCC(NS(=O)(=O)N2CCNCC2)CC1. The molecule has 0 bridgehead atoms. The molecule has 0 aromatic carbocycles. The van der Waals surface area contributed by atoms with Crippen LogP contribution in [-0.4, -0.2) is 44.9 Å². The number of hydrogen-bond donors (Lipinski definition) is 2. The fourth-order valence-corrected chi connectivity index (χ4v) is 4.16. The van der Waals surface area contributed by atoms with Gasteiger partial charge in [0.2, 0.25) is 0 Å². The Bertz CT molecular complexity index is 365. The smallest absolute Gasteiger partial charge is 0.279 e. The Morgan fingerprint density at radius 3 is 2.28 bits per heavy atom. The molecule has 1 aliphatic carbocycles. The number of rotatable bonds is 3. The molecule has 0 amide bonds. The van der Waals surface area contributed by atoms with E-state index in [4.69, 9.17) is 0 Å². The van der Waals surface area contributed by atoms with Gasteiger partial charge in [0.1, 0.15) is 0 Å². The number of nitrogens with one attached hydrogen (secondary N) is 2. The van der Waals surface area contributed by atoms with Crippen molar-refractivity contribution in [2.45, 2.75) is 45.6 Å². The Morgan fingerprint density at radius 2 is 1.72 bits per heavy atom. The Hall–Kier alpha value is -0.170. The van der Waals surface area contributed by atoms with Crippen LogP contribution in [0.25, 0.3) is 0 Å². The summed E-state index contributed by atoms with van der Waals surface area (Å²) in [4.78, 5) is 0. The third-order valence-corrected chi connectivity index (χ3v) is 5.75. The average Bonchev–Trinajstić information content (AvgIpc) is 2.33. The largest absolute Gasteiger partial charge is 0.314 e.